The number of hydrogen-bond acceptors (Lipinski definition) is 5. The number of nitrogens with one attached hydrogen (secondary N) is 1. The highest BCUT2D eigenvalue weighted by Crippen LogP contribution is 2.32. The Kier molecular flexibility index (Phi) is 9.86. The molecule has 10 heteroatoms. The van der Waals surface area contributed by atoms with E-state index in [1.807, 2.05) is 24.3 Å². The summed E-state index contributed by atoms with van der Waals surface area (Å²) in [5.74, 6) is -0.462. The highest BCUT2D eigenvalue weighted by molar-refractivity contribution is 9.10. The molecule has 40 heavy (non-hydrogen) atoms. The van der Waals surface area contributed by atoms with Gasteiger partial charge in [0, 0.05) is 17.1 Å². The predicted octanol–water partition coefficient (Wildman–Crippen LogP) is 5.13. The van der Waals surface area contributed by atoms with Gasteiger partial charge in [-0.25, -0.2) is 8.42 Å². The van der Waals surface area contributed by atoms with Gasteiger partial charge in [0.05, 0.1) is 17.7 Å². The normalized spacial score (nSPS) is 14.4. The molecule has 4 rings (SSSR count). The molecule has 1 atom stereocenters. The van der Waals surface area contributed by atoms with Crippen LogP contribution in [0.1, 0.15) is 38.2 Å². The summed E-state index contributed by atoms with van der Waals surface area (Å²) >= 11 is 3.43. The van der Waals surface area contributed by atoms with Gasteiger partial charge in [0.1, 0.15) is 18.3 Å². The van der Waals surface area contributed by atoms with Crippen molar-refractivity contribution in [3.8, 4) is 5.75 Å². The zero-order chi connectivity index (χ0) is 28.7. The molecule has 1 aliphatic rings. The maximum absolute atomic E-state index is 14.0. The average molecular weight is 629 g/mol. The van der Waals surface area contributed by atoms with E-state index in [1.165, 1.54) is 24.1 Å². The van der Waals surface area contributed by atoms with Gasteiger partial charge in [-0.1, -0.05) is 71.2 Å². The fourth-order valence-corrected chi connectivity index (χ4v) is 6.54. The van der Waals surface area contributed by atoms with E-state index in [1.54, 1.807) is 49.4 Å². The molecule has 0 aromatic heterocycles. The van der Waals surface area contributed by atoms with Crippen molar-refractivity contribution in [2.45, 2.75) is 56.1 Å². The van der Waals surface area contributed by atoms with E-state index in [2.05, 4.69) is 21.2 Å². The molecule has 0 bridgehead atoms. The molecule has 1 aliphatic carbocycles. The standard InChI is InChI=1S/C30H34BrN3O5S/c1-22(30(36)32-25-10-6-7-11-25)33(20-23-16-18-24(31)19-17-23)29(35)21-34(27-14-8-9-15-28(27)39-2)40(37,38)26-12-4-3-5-13-26/h3-5,8-9,12-19,22,25H,6-7,10-11,20-21H2,1-2H3,(H,32,36). The van der Waals surface area contributed by atoms with Gasteiger partial charge in [-0.15, -0.1) is 0 Å². The third-order valence-corrected chi connectivity index (χ3v) is 9.40. The zero-order valence-corrected chi connectivity index (χ0v) is 25.0. The number of anilines is 1. The van der Waals surface area contributed by atoms with Gasteiger partial charge in [0.25, 0.3) is 10.0 Å². The van der Waals surface area contributed by atoms with Crippen LogP contribution in [0.25, 0.3) is 0 Å². The van der Waals surface area contributed by atoms with Crippen LogP contribution in [0, 0.1) is 0 Å². The number of benzene rings is 3. The van der Waals surface area contributed by atoms with Crippen LogP contribution in [0.4, 0.5) is 5.69 Å². The van der Waals surface area contributed by atoms with Crippen LogP contribution in [-0.2, 0) is 26.2 Å². The Balaban J connectivity index is 1.70. The Labute approximate surface area is 244 Å². The van der Waals surface area contributed by atoms with Crippen LogP contribution >= 0.6 is 15.9 Å². The van der Waals surface area contributed by atoms with Crippen molar-refractivity contribution in [3.05, 3.63) is 88.9 Å². The van der Waals surface area contributed by atoms with E-state index < -0.39 is 28.5 Å². The lowest BCUT2D eigenvalue weighted by Crippen LogP contribution is -2.52. The zero-order valence-electron chi connectivity index (χ0n) is 22.6. The monoisotopic (exact) mass is 627 g/mol. The largest absolute Gasteiger partial charge is 0.495 e. The van der Waals surface area contributed by atoms with Gasteiger partial charge >= 0.3 is 0 Å². The quantitative estimate of drug-likeness (QED) is 0.318. The number of sulfonamides is 1. The number of rotatable bonds is 11. The second-order valence-electron chi connectivity index (χ2n) is 9.81. The summed E-state index contributed by atoms with van der Waals surface area (Å²) in [6.45, 7) is 1.30. The summed E-state index contributed by atoms with van der Waals surface area (Å²) in [5.41, 5.74) is 1.04. The molecule has 1 fully saturated rings. The molecule has 1 saturated carbocycles. The summed E-state index contributed by atoms with van der Waals surface area (Å²) in [6, 6.07) is 21.3. The topological polar surface area (TPSA) is 96.0 Å². The maximum atomic E-state index is 14.0. The van der Waals surface area contributed by atoms with Crippen LogP contribution < -0.4 is 14.4 Å². The molecule has 1 N–H and O–H groups in total. The van der Waals surface area contributed by atoms with E-state index in [9.17, 15) is 18.0 Å². The smallest absolute Gasteiger partial charge is 0.264 e. The molecule has 0 radical (unpaired) electrons. The minimum Gasteiger partial charge on any atom is -0.495 e. The average Bonchev–Trinajstić information content (AvgIpc) is 3.48. The first kappa shape index (κ1) is 29.6. The van der Waals surface area contributed by atoms with E-state index >= 15 is 0 Å². The highest BCUT2D eigenvalue weighted by atomic mass is 79.9. The summed E-state index contributed by atoms with van der Waals surface area (Å²) in [5, 5.41) is 3.08. The van der Waals surface area contributed by atoms with Crippen molar-refractivity contribution in [2.24, 2.45) is 0 Å². The molecule has 1 unspecified atom stereocenters. The van der Waals surface area contributed by atoms with Gasteiger partial charge in [-0.3, -0.25) is 13.9 Å². The van der Waals surface area contributed by atoms with Crippen molar-refractivity contribution in [1.29, 1.82) is 0 Å². The molecule has 212 valence electrons. The van der Waals surface area contributed by atoms with E-state index in [0.717, 1.165) is 40.0 Å². The number of amides is 2. The summed E-state index contributed by atoms with van der Waals surface area (Å²) in [4.78, 5) is 28.8. The number of nitrogens with zero attached hydrogens (tertiary/aromatic N) is 2. The number of hydrogen-bond donors (Lipinski definition) is 1. The second-order valence-corrected chi connectivity index (χ2v) is 12.6. The maximum Gasteiger partial charge on any atom is 0.264 e. The molecule has 0 heterocycles. The van der Waals surface area contributed by atoms with Crippen LogP contribution in [-0.4, -0.2) is 50.9 Å². The van der Waals surface area contributed by atoms with Crippen molar-refractivity contribution in [3.63, 3.8) is 0 Å². The first-order valence-corrected chi connectivity index (χ1v) is 15.5. The number of methoxy groups -OCH3 is 1. The van der Waals surface area contributed by atoms with Crippen LogP contribution in [0.5, 0.6) is 5.75 Å². The Hall–Kier alpha value is -3.37. The molecule has 3 aromatic rings. The third kappa shape index (κ3) is 7.03. The van der Waals surface area contributed by atoms with Crippen LogP contribution in [0.15, 0.2) is 88.2 Å². The summed E-state index contributed by atoms with van der Waals surface area (Å²) in [7, 11) is -2.71. The molecule has 2 amide bonds. The van der Waals surface area contributed by atoms with Gasteiger partial charge in [0.2, 0.25) is 11.8 Å². The van der Waals surface area contributed by atoms with Gasteiger partial charge in [-0.2, -0.15) is 0 Å². The van der Waals surface area contributed by atoms with Crippen molar-refractivity contribution >= 4 is 43.5 Å². The number of carbonyl (C=O) groups is 2. The lowest BCUT2D eigenvalue weighted by atomic mass is 10.1. The highest BCUT2D eigenvalue weighted by Gasteiger charge is 2.34. The second kappa shape index (κ2) is 13.3. The molecule has 0 saturated heterocycles. The first-order valence-electron chi connectivity index (χ1n) is 13.3. The van der Waals surface area contributed by atoms with Crippen LogP contribution in [0.3, 0.4) is 0 Å². The fraction of sp³-hybridized carbons (Fsp3) is 0.333. The van der Waals surface area contributed by atoms with Crippen LogP contribution in [0.2, 0.25) is 0 Å². The predicted molar refractivity (Wildman–Crippen MR) is 159 cm³/mol. The molecule has 0 aliphatic heterocycles. The van der Waals surface area contributed by atoms with E-state index in [4.69, 9.17) is 4.74 Å². The third-order valence-electron chi connectivity index (χ3n) is 7.10. The summed E-state index contributed by atoms with van der Waals surface area (Å²) < 4.78 is 35.2. The fourth-order valence-electron chi connectivity index (χ4n) is 4.83. The van der Waals surface area contributed by atoms with E-state index in [-0.39, 0.29) is 29.1 Å². The van der Waals surface area contributed by atoms with Crippen molar-refractivity contribution < 1.29 is 22.7 Å². The van der Waals surface area contributed by atoms with Gasteiger partial charge in [0.15, 0.2) is 0 Å². The number of para-hydroxylation sites is 2. The van der Waals surface area contributed by atoms with Crippen molar-refractivity contribution in [2.75, 3.05) is 18.0 Å². The molecular weight excluding hydrogens is 594 g/mol. The summed E-state index contributed by atoms with van der Waals surface area (Å²) in [6.07, 6.45) is 3.95. The molecule has 3 aromatic carbocycles. The Bertz CT molecular complexity index is 1410. The Morgan fingerprint density at radius 3 is 2.25 bits per heavy atom. The minimum atomic E-state index is -4.16. The van der Waals surface area contributed by atoms with E-state index in [0.29, 0.717) is 5.75 Å². The number of carbonyl (C=O) groups excluding carboxylic acids is 2. The SMILES string of the molecule is COc1ccccc1N(CC(=O)N(Cc1ccc(Br)cc1)C(C)C(=O)NC1CCCC1)S(=O)(=O)c1ccccc1. The number of halogens is 1. The van der Waals surface area contributed by atoms with Gasteiger partial charge in [-0.05, 0) is 61.7 Å². The Morgan fingerprint density at radius 2 is 1.60 bits per heavy atom. The lowest BCUT2D eigenvalue weighted by molar-refractivity contribution is -0.139. The molecule has 8 nitrogen and oxygen atoms in total. The van der Waals surface area contributed by atoms with Gasteiger partial charge < -0.3 is 15.0 Å². The van der Waals surface area contributed by atoms with Crippen molar-refractivity contribution in [1.82, 2.24) is 10.2 Å². The molecular formula is C30H34BrN3O5S. The minimum absolute atomic E-state index is 0.0418. The Morgan fingerprint density at radius 1 is 0.975 bits per heavy atom. The molecule has 0 spiro atoms. The first-order chi connectivity index (χ1) is 19.2. The lowest BCUT2D eigenvalue weighted by Gasteiger charge is -2.32. The number of ether oxygens (including phenoxy) is 1.